The lowest BCUT2D eigenvalue weighted by molar-refractivity contribution is -0.139. The largest absolute Gasteiger partial charge is 0.497 e. The lowest BCUT2D eigenvalue weighted by Gasteiger charge is -2.27. The molecule has 1 saturated carbocycles. The molecular weight excluding hydrogens is 532 g/mol. The Kier molecular flexibility index (Phi) is 6.79. The molecule has 2 aliphatic rings. The molecule has 10 heteroatoms. The third-order valence-corrected chi connectivity index (χ3v) is 8.75. The van der Waals surface area contributed by atoms with Crippen LogP contribution in [0.4, 0.5) is 0 Å². The standard InChI is InChI=1S/C32H34N6O4/c1-17-10-23(21-15-33-19(3)34-16-21)24(28-29(17)36-37-30(28)18(2)39)11-27(40)38-25(12-32(4)13-26(32)38)31(41)35-14-20-6-8-22(42-5)9-7-20/h6-10,15-16,25-26H,11-14H2,1-5H3,(H,35,41)(H,36,37)/t25-,26+,32-/m0/s1. The highest BCUT2D eigenvalue weighted by Crippen LogP contribution is 2.59. The van der Waals surface area contributed by atoms with Crippen LogP contribution in [0.3, 0.4) is 0 Å². The predicted molar refractivity (Wildman–Crippen MR) is 157 cm³/mol. The zero-order chi connectivity index (χ0) is 29.8. The van der Waals surface area contributed by atoms with E-state index in [1.807, 2.05) is 44.2 Å². The quantitative estimate of drug-likeness (QED) is 0.307. The average Bonchev–Trinajstić information content (AvgIpc) is 3.30. The maximum Gasteiger partial charge on any atom is 0.243 e. The molecule has 2 amide bonds. The number of ether oxygens (including phenoxy) is 1. The number of aromatic amines is 1. The maximum atomic E-state index is 14.2. The molecule has 3 atom stereocenters. The number of hydrogen-bond acceptors (Lipinski definition) is 7. The molecule has 0 bridgehead atoms. The van der Waals surface area contributed by atoms with Crippen molar-refractivity contribution in [3.8, 4) is 16.9 Å². The van der Waals surface area contributed by atoms with Crippen LogP contribution in [0.1, 0.15) is 59.7 Å². The van der Waals surface area contributed by atoms with Gasteiger partial charge in [0.1, 0.15) is 23.3 Å². The van der Waals surface area contributed by atoms with Crippen molar-refractivity contribution in [3.05, 3.63) is 70.9 Å². The van der Waals surface area contributed by atoms with Crippen LogP contribution in [0.5, 0.6) is 5.75 Å². The molecule has 2 N–H and O–H groups in total. The van der Waals surface area contributed by atoms with Gasteiger partial charge < -0.3 is 15.0 Å². The van der Waals surface area contributed by atoms with Gasteiger partial charge in [0.25, 0.3) is 0 Å². The van der Waals surface area contributed by atoms with E-state index in [2.05, 4.69) is 32.4 Å². The molecule has 6 rings (SSSR count). The fourth-order valence-electron chi connectivity index (χ4n) is 6.31. The molecule has 3 heterocycles. The number of benzene rings is 2. The summed E-state index contributed by atoms with van der Waals surface area (Å²) in [4.78, 5) is 50.8. The van der Waals surface area contributed by atoms with Crippen LogP contribution in [0, 0.1) is 19.3 Å². The molecular formula is C32H34N6O4. The number of nitrogens with one attached hydrogen (secondary N) is 2. The summed E-state index contributed by atoms with van der Waals surface area (Å²) in [6.07, 6.45) is 4.95. The third-order valence-electron chi connectivity index (χ3n) is 8.75. The molecule has 2 fully saturated rings. The SMILES string of the molecule is COc1ccc(CNC(=O)[C@@H]2C[C@@]3(C)C[C@H]3N2C(=O)Cc2c(-c3cnc(C)nc3)cc(C)c3n[nH]c(C(C)=O)c23)cc1. The van der Waals surface area contributed by atoms with Crippen molar-refractivity contribution in [1.82, 2.24) is 30.4 Å². The average molecular weight is 567 g/mol. The summed E-state index contributed by atoms with van der Waals surface area (Å²) in [5, 5.41) is 11.0. The molecule has 216 valence electrons. The van der Waals surface area contributed by atoms with Gasteiger partial charge in [0, 0.05) is 42.9 Å². The first-order valence-electron chi connectivity index (χ1n) is 14.1. The minimum absolute atomic E-state index is 0.00506. The molecule has 42 heavy (non-hydrogen) atoms. The van der Waals surface area contributed by atoms with Crippen LogP contribution in [0.15, 0.2) is 42.7 Å². The fraction of sp³-hybridized carbons (Fsp3) is 0.375. The highest BCUT2D eigenvalue weighted by molar-refractivity contribution is 6.09. The predicted octanol–water partition coefficient (Wildman–Crippen LogP) is 4.09. The number of nitrogens with zero attached hydrogens (tertiary/aromatic N) is 4. The Morgan fingerprint density at radius 1 is 1.12 bits per heavy atom. The van der Waals surface area contributed by atoms with E-state index in [1.54, 1.807) is 24.4 Å². The molecule has 2 aromatic heterocycles. The highest BCUT2D eigenvalue weighted by Gasteiger charge is 2.64. The van der Waals surface area contributed by atoms with Crippen molar-refractivity contribution in [1.29, 1.82) is 0 Å². The number of aromatic nitrogens is 4. The smallest absolute Gasteiger partial charge is 0.243 e. The summed E-state index contributed by atoms with van der Waals surface area (Å²) in [6, 6.07) is 8.93. The molecule has 10 nitrogen and oxygen atoms in total. The van der Waals surface area contributed by atoms with Crippen molar-refractivity contribution in [3.63, 3.8) is 0 Å². The van der Waals surface area contributed by atoms with Crippen LogP contribution in [0.2, 0.25) is 0 Å². The number of carbonyl (C=O) groups is 3. The number of hydrogen-bond donors (Lipinski definition) is 2. The van der Waals surface area contributed by atoms with Crippen LogP contribution < -0.4 is 10.1 Å². The lowest BCUT2D eigenvalue weighted by Crippen LogP contribution is -2.48. The normalized spacial score (nSPS) is 20.8. The van der Waals surface area contributed by atoms with Crippen LogP contribution in [0.25, 0.3) is 22.0 Å². The summed E-state index contributed by atoms with van der Waals surface area (Å²) in [5.41, 5.74) is 4.94. The van der Waals surface area contributed by atoms with Gasteiger partial charge in [0.2, 0.25) is 11.8 Å². The summed E-state index contributed by atoms with van der Waals surface area (Å²) < 4.78 is 5.22. The third kappa shape index (κ3) is 4.80. The molecule has 4 aromatic rings. The number of Topliss-reactive ketones (excluding diaryl/α,β-unsaturated/α-hetero) is 1. The van der Waals surface area contributed by atoms with Gasteiger partial charge in [0.15, 0.2) is 5.78 Å². The van der Waals surface area contributed by atoms with Crippen molar-refractivity contribution in [2.75, 3.05) is 7.11 Å². The van der Waals surface area contributed by atoms with E-state index in [-0.39, 0.29) is 35.5 Å². The second-order valence-electron chi connectivity index (χ2n) is 11.8. The number of ketones is 1. The Labute approximate surface area is 243 Å². The van der Waals surface area contributed by atoms with Crippen molar-refractivity contribution < 1.29 is 19.1 Å². The second-order valence-corrected chi connectivity index (χ2v) is 11.8. The number of likely N-dealkylation sites (tertiary alicyclic amines) is 1. The minimum Gasteiger partial charge on any atom is -0.497 e. The summed E-state index contributed by atoms with van der Waals surface area (Å²) in [5.74, 6) is 0.894. The van der Waals surface area contributed by atoms with Gasteiger partial charge in [-0.25, -0.2) is 9.97 Å². The van der Waals surface area contributed by atoms with Gasteiger partial charge in [-0.2, -0.15) is 5.10 Å². The fourth-order valence-corrected chi connectivity index (χ4v) is 6.31. The molecule has 1 saturated heterocycles. The number of fused-ring (bicyclic) bond motifs is 2. The lowest BCUT2D eigenvalue weighted by atomic mass is 9.91. The van der Waals surface area contributed by atoms with Crippen LogP contribution >= 0.6 is 0 Å². The van der Waals surface area contributed by atoms with Gasteiger partial charge >= 0.3 is 0 Å². The van der Waals surface area contributed by atoms with Gasteiger partial charge in [-0.3, -0.25) is 19.5 Å². The molecule has 2 aromatic carbocycles. The maximum absolute atomic E-state index is 14.2. The van der Waals surface area contributed by atoms with Crippen LogP contribution in [-0.4, -0.2) is 61.9 Å². The highest BCUT2D eigenvalue weighted by atomic mass is 16.5. The Morgan fingerprint density at radius 3 is 2.50 bits per heavy atom. The van der Waals surface area contributed by atoms with E-state index >= 15 is 0 Å². The van der Waals surface area contributed by atoms with Crippen LogP contribution in [-0.2, 0) is 22.6 Å². The summed E-state index contributed by atoms with van der Waals surface area (Å²) in [6.45, 7) is 7.71. The van der Waals surface area contributed by atoms with Crippen molar-refractivity contribution in [2.24, 2.45) is 5.41 Å². The number of piperidine rings is 1. The van der Waals surface area contributed by atoms with Gasteiger partial charge in [-0.05, 0) is 72.6 Å². The number of H-pyrrole nitrogens is 1. The molecule has 0 radical (unpaired) electrons. The first-order chi connectivity index (χ1) is 20.1. The zero-order valence-corrected chi connectivity index (χ0v) is 24.4. The van der Waals surface area contributed by atoms with E-state index in [9.17, 15) is 14.4 Å². The number of methoxy groups -OCH3 is 1. The van der Waals surface area contributed by atoms with E-state index < -0.39 is 6.04 Å². The first-order valence-corrected chi connectivity index (χ1v) is 14.1. The Bertz CT molecular complexity index is 1710. The Hall–Kier alpha value is -4.60. The van der Waals surface area contributed by atoms with E-state index in [1.165, 1.54) is 6.92 Å². The zero-order valence-electron chi connectivity index (χ0n) is 24.4. The number of amides is 2. The van der Waals surface area contributed by atoms with Gasteiger partial charge in [-0.1, -0.05) is 19.1 Å². The minimum atomic E-state index is -0.566. The molecule has 1 aliphatic heterocycles. The van der Waals surface area contributed by atoms with E-state index in [4.69, 9.17) is 4.74 Å². The van der Waals surface area contributed by atoms with Crippen molar-refractivity contribution in [2.45, 2.75) is 65.6 Å². The summed E-state index contributed by atoms with van der Waals surface area (Å²) >= 11 is 0. The molecule has 1 aliphatic carbocycles. The number of carbonyl (C=O) groups excluding carboxylic acids is 3. The number of rotatable bonds is 8. The van der Waals surface area contributed by atoms with Gasteiger partial charge in [0.05, 0.1) is 19.0 Å². The monoisotopic (exact) mass is 566 g/mol. The molecule has 0 spiro atoms. The van der Waals surface area contributed by atoms with E-state index in [0.29, 0.717) is 41.0 Å². The first kappa shape index (κ1) is 27.6. The van der Waals surface area contributed by atoms with Gasteiger partial charge in [-0.15, -0.1) is 0 Å². The Morgan fingerprint density at radius 2 is 1.83 bits per heavy atom. The summed E-state index contributed by atoms with van der Waals surface area (Å²) in [7, 11) is 1.61. The second kappa shape index (κ2) is 10.3. The van der Waals surface area contributed by atoms with E-state index in [0.717, 1.165) is 34.4 Å². The number of aryl methyl sites for hydroxylation is 2. The van der Waals surface area contributed by atoms with Crippen molar-refractivity contribution >= 4 is 28.5 Å². The Balaban J connectivity index is 1.33. The topological polar surface area (TPSA) is 130 Å². The molecule has 0 unspecified atom stereocenters.